The van der Waals surface area contributed by atoms with Gasteiger partial charge in [0.2, 0.25) is 11.8 Å². The molecule has 2 atom stereocenters. The lowest BCUT2D eigenvalue weighted by Gasteiger charge is -2.34. The molecule has 170 valence electrons. The maximum absolute atomic E-state index is 12.6. The summed E-state index contributed by atoms with van der Waals surface area (Å²) in [6.07, 6.45) is 5.05. The molecule has 0 aliphatic carbocycles. The smallest absolute Gasteiger partial charge is 0.246 e. The lowest BCUT2D eigenvalue weighted by molar-refractivity contribution is -0.130. The molecule has 8 heteroatoms. The van der Waals surface area contributed by atoms with E-state index < -0.39 is 0 Å². The Balaban J connectivity index is 1.46. The molecule has 2 heterocycles. The van der Waals surface area contributed by atoms with Crippen molar-refractivity contribution in [3.63, 3.8) is 0 Å². The predicted molar refractivity (Wildman–Crippen MR) is 124 cm³/mol. The van der Waals surface area contributed by atoms with Crippen LogP contribution in [-0.2, 0) is 9.59 Å². The summed E-state index contributed by atoms with van der Waals surface area (Å²) in [5.41, 5.74) is 0.799. The standard InChI is InChI=1S/C23H31Cl2N3O3/c1-17-13-19(29)16-26(15-17)8-2-9-27-11-12-28(10-7-23(27)31)22(30)6-4-18-3-5-20(24)21(25)14-18/h3-6,14,17,19,29H,2,7-13,15-16H2,1H3/b6-4+. The van der Waals surface area contributed by atoms with Gasteiger partial charge in [0.15, 0.2) is 0 Å². The van der Waals surface area contributed by atoms with Crippen LogP contribution in [0.1, 0.15) is 31.7 Å². The zero-order valence-electron chi connectivity index (χ0n) is 18.0. The monoisotopic (exact) mass is 467 g/mol. The van der Waals surface area contributed by atoms with Gasteiger partial charge in [0.1, 0.15) is 0 Å². The Hall–Kier alpha value is -1.60. The van der Waals surface area contributed by atoms with Gasteiger partial charge in [0, 0.05) is 51.8 Å². The van der Waals surface area contributed by atoms with Crippen molar-refractivity contribution < 1.29 is 14.7 Å². The quantitative estimate of drug-likeness (QED) is 0.652. The number of aliphatic hydroxyl groups excluding tert-OH is 1. The average molecular weight is 468 g/mol. The normalized spacial score (nSPS) is 23.4. The summed E-state index contributed by atoms with van der Waals surface area (Å²) in [5, 5.41) is 10.9. The van der Waals surface area contributed by atoms with Crippen LogP contribution in [0.15, 0.2) is 24.3 Å². The van der Waals surface area contributed by atoms with Crippen molar-refractivity contribution in [3.8, 4) is 0 Å². The number of nitrogens with zero attached hydrogens (tertiary/aromatic N) is 3. The molecule has 2 fully saturated rings. The Kier molecular flexibility index (Phi) is 8.78. The van der Waals surface area contributed by atoms with E-state index in [0.717, 1.165) is 31.5 Å². The van der Waals surface area contributed by atoms with Crippen molar-refractivity contribution in [1.82, 2.24) is 14.7 Å². The van der Waals surface area contributed by atoms with Gasteiger partial charge in [-0.05, 0) is 49.1 Å². The maximum Gasteiger partial charge on any atom is 0.246 e. The minimum Gasteiger partial charge on any atom is -0.392 e. The number of amides is 2. The highest BCUT2D eigenvalue weighted by molar-refractivity contribution is 6.42. The van der Waals surface area contributed by atoms with Crippen LogP contribution < -0.4 is 0 Å². The molecule has 6 nitrogen and oxygen atoms in total. The first-order chi connectivity index (χ1) is 14.8. The number of hydrogen-bond donors (Lipinski definition) is 1. The van der Waals surface area contributed by atoms with Gasteiger partial charge in [0.25, 0.3) is 0 Å². The van der Waals surface area contributed by atoms with Gasteiger partial charge in [-0.1, -0.05) is 36.2 Å². The topological polar surface area (TPSA) is 64.1 Å². The molecular weight excluding hydrogens is 437 g/mol. The Morgan fingerprint density at radius 1 is 1.16 bits per heavy atom. The minimum atomic E-state index is -0.250. The summed E-state index contributed by atoms with van der Waals surface area (Å²) in [6, 6.07) is 5.21. The van der Waals surface area contributed by atoms with Gasteiger partial charge in [0.05, 0.1) is 16.1 Å². The van der Waals surface area contributed by atoms with Crippen molar-refractivity contribution in [2.75, 3.05) is 45.8 Å². The van der Waals surface area contributed by atoms with Gasteiger partial charge >= 0.3 is 0 Å². The second kappa shape index (κ2) is 11.3. The Morgan fingerprint density at radius 3 is 2.71 bits per heavy atom. The number of rotatable bonds is 6. The number of carbonyl (C=O) groups excluding carboxylic acids is 2. The third-order valence-electron chi connectivity index (χ3n) is 5.88. The minimum absolute atomic E-state index is 0.0933. The number of hydrogen-bond acceptors (Lipinski definition) is 4. The van der Waals surface area contributed by atoms with E-state index in [1.54, 1.807) is 29.2 Å². The molecule has 31 heavy (non-hydrogen) atoms. The summed E-state index contributed by atoms with van der Waals surface area (Å²) in [6.45, 7) is 6.93. The number of β-amino-alcohol motifs (C(OH)–C–C–N with tert-alkyl or cyclic N) is 1. The highest BCUT2D eigenvalue weighted by Gasteiger charge is 2.25. The molecule has 2 aliphatic rings. The molecule has 1 N–H and O–H groups in total. The highest BCUT2D eigenvalue weighted by atomic mass is 35.5. The second-order valence-electron chi connectivity index (χ2n) is 8.57. The third-order valence-corrected chi connectivity index (χ3v) is 6.62. The fraction of sp³-hybridized carbons (Fsp3) is 0.565. The molecule has 2 aliphatic heterocycles. The van der Waals surface area contributed by atoms with Crippen LogP contribution in [0.25, 0.3) is 6.08 Å². The van der Waals surface area contributed by atoms with Gasteiger partial charge in [-0.2, -0.15) is 0 Å². The van der Waals surface area contributed by atoms with E-state index >= 15 is 0 Å². The molecule has 0 saturated carbocycles. The number of halogens is 2. The first-order valence-corrected chi connectivity index (χ1v) is 11.7. The first-order valence-electron chi connectivity index (χ1n) is 10.9. The number of aliphatic hydroxyl groups is 1. The van der Waals surface area contributed by atoms with E-state index in [9.17, 15) is 14.7 Å². The largest absolute Gasteiger partial charge is 0.392 e. The van der Waals surface area contributed by atoms with Crippen molar-refractivity contribution in [1.29, 1.82) is 0 Å². The van der Waals surface area contributed by atoms with E-state index in [2.05, 4.69) is 11.8 Å². The van der Waals surface area contributed by atoms with Crippen LogP contribution in [0.4, 0.5) is 0 Å². The van der Waals surface area contributed by atoms with Crippen LogP contribution in [0.2, 0.25) is 10.0 Å². The molecule has 0 bridgehead atoms. The molecule has 0 spiro atoms. The Morgan fingerprint density at radius 2 is 1.97 bits per heavy atom. The zero-order valence-corrected chi connectivity index (χ0v) is 19.5. The molecule has 2 amide bonds. The highest BCUT2D eigenvalue weighted by Crippen LogP contribution is 2.23. The molecule has 1 aromatic carbocycles. The summed E-state index contributed by atoms with van der Waals surface area (Å²) >= 11 is 11.9. The third kappa shape index (κ3) is 7.21. The number of benzene rings is 1. The van der Waals surface area contributed by atoms with E-state index in [1.807, 2.05) is 4.90 Å². The molecule has 1 aromatic rings. The number of carbonyl (C=O) groups is 2. The summed E-state index contributed by atoms with van der Waals surface area (Å²) in [5.74, 6) is 0.480. The first kappa shape index (κ1) is 24.1. The molecular formula is C23H31Cl2N3O3. The lowest BCUT2D eigenvalue weighted by atomic mass is 9.98. The van der Waals surface area contributed by atoms with E-state index in [1.165, 1.54) is 6.08 Å². The van der Waals surface area contributed by atoms with E-state index in [0.29, 0.717) is 55.1 Å². The average Bonchev–Trinajstić information content (AvgIpc) is 2.90. The van der Waals surface area contributed by atoms with E-state index in [4.69, 9.17) is 23.2 Å². The number of piperidine rings is 1. The molecule has 2 unspecified atom stereocenters. The van der Waals surface area contributed by atoms with Crippen molar-refractivity contribution >= 4 is 41.1 Å². The van der Waals surface area contributed by atoms with Crippen LogP contribution in [-0.4, -0.2) is 83.5 Å². The lowest BCUT2D eigenvalue weighted by Crippen LogP contribution is -2.43. The predicted octanol–water partition coefficient (Wildman–Crippen LogP) is 3.16. The summed E-state index contributed by atoms with van der Waals surface area (Å²) in [4.78, 5) is 31.0. The fourth-order valence-electron chi connectivity index (χ4n) is 4.31. The van der Waals surface area contributed by atoms with Crippen molar-refractivity contribution in [3.05, 3.63) is 39.9 Å². The van der Waals surface area contributed by atoms with Crippen molar-refractivity contribution in [2.24, 2.45) is 5.92 Å². The van der Waals surface area contributed by atoms with Gasteiger partial charge in [-0.15, -0.1) is 0 Å². The van der Waals surface area contributed by atoms with Gasteiger partial charge in [-0.3, -0.25) is 9.59 Å². The SMILES string of the molecule is CC1CC(O)CN(CCCN2CCN(C(=O)/C=C/c3ccc(Cl)c(Cl)c3)CCC2=O)C1. The van der Waals surface area contributed by atoms with Gasteiger partial charge < -0.3 is 19.8 Å². The second-order valence-corrected chi connectivity index (χ2v) is 9.39. The maximum atomic E-state index is 12.6. The van der Waals surface area contributed by atoms with E-state index in [-0.39, 0.29) is 17.9 Å². The zero-order chi connectivity index (χ0) is 22.4. The molecule has 2 saturated heterocycles. The molecule has 0 radical (unpaired) electrons. The van der Waals surface area contributed by atoms with Crippen LogP contribution in [0.3, 0.4) is 0 Å². The fourth-order valence-corrected chi connectivity index (χ4v) is 4.61. The molecule has 0 aromatic heterocycles. The Bertz CT molecular complexity index is 807. The van der Waals surface area contributed by atoms with Gasteiger partial charge in [-0.25, -0.2) is 0 Å². The summed E-state index contributed by atoms with van der Waals surface area (Å²) < 4.78 is 0. The molecule has 3 rings (SSSR count). The Labute approximate surface area is 194 Å². The van der Waals surface area contributed by atoms with Crippen LogP contribution in [0.5, 0.6) is 0 Å². The van der Waals surface area contributed by atoms with Crippen molar-refractivity contribution in [2.45, 2.75) is 32.3 Å². The number of likely N-dealkylation sites (tertiary alicyclic amines) is 1. The van der Waals surface area contributed by atoms with Crippen LogP contribution >= 0.6 is 23.2 Å². The summed E-state index contributed by atoms with van der Waals surface area (Å²) in [7, 11) is 0. The van der Waals surface area contributed by atoms with Crippen LogP contribution in [0, 0.1) is 5.92 Å².